The van der Waals surface area contributed by atoms with E-state index in [1.54, 1.807) is 7.11 Å². The second-order valence-corrected chi connectivity index (χ2v) is 9.47. The van der Waals surface area contributed by atoms with Gasteiger partial charge >= 0.3 is 27.3 Å². The molecule has 25 heavy (non-hydrogen) atoms. The molecule has 0 saturated heterocycles. The van der Waals surface area contributed by atoms with Gasteiger partial charge < -0.3 is 14.8 Å². The van der Waals surface area contributed by atoms with Crippen LogP contribution in [0, 0.1) is 7.14 Å². The summed E-state index contributed by atoms with van der Waals surface area (Å²) in [6, 6.07) is 16.7. The Morgan fingerprint density at radius 3 is 2.40 bits per heavy atom. The maximum absolute atomic E-state index is 11.7. The van der Waals surface area contributed by atoms with Gasteiger partial charge in [-0.05, 0) is 57.5 Å². The Labute approximate surface area is 160 Å². The van der Waals surface area contributed by atoms with Crippen LogP contribution in [-0.2, 0) is 11.2 Å². The van der Waals surface area contributed by atoms with Crippen LogP contribution in [0.25, 0.3) is 0 Å². The maximum atomic E-state index is 11.7. The maximum Gasteiger partial charge on any atom is 0.407 e. The van der Waals surface area contributed by atoms with Crippen molar-refractivity contribution in [2.45, 2.75) is 32.8 Å². The van der Waals surface area contributed by atoms with Crippen molar-refractivity contribution in [3.8, 4) is 5.75 Å². The highest BCUT2D eigenvalue weighted by Crippen LogP contribution is 2.07. The fourth-order valence-corrected chi connectivity index (χ4v) is 4.73. The van der Waals surface area contributed by atoms with Gasteiger partial charge in [0.05, 0.1) is 7.11 Å². The first-order valence-corrected chi connectivity index (χ1v) is 10.4. The molecule has 4 nitrogen and oxygen atoms in total. The molecule has 1 N–H and O–H groups in total. The lowest BCUT2D eigenvalue weighted by molar-refractivity contribution is -0.598. The number of rotatable bonds is 6. The first kappa shape index (κ1) is 19.6. The number of methoxy groups -OCH3 is 1. The summed E-state index contributed by atoms with van der Waals surface area (Å²) in [4.78, 5) is 11.7. The monoisotopic (exact) mass is 454 g/mol. The Balaban J connectivity index is 1.94. The zero-order valence-electron chi connectivity index (χ0n) is 15.1. The minimum atomic E-state index is -0.470. The summed E-state index contributed by atoms with van der Waals surface area (Å²) in [5, 5.41) is 2.83. The van der Waals surface area contributed by atoms with Crippen LogP contribution in [0.4, 0.5) is 4.79 Å². The summed E-state index contributed by atoms with van der Waals surface area (Å²) < 4.78 is 13.2. The van der Waals surface area contributed by atoms with Crippen LogP contribution in [-0.4, -0.2) is 25.3 Å². The standard InChI is InChI=1S/C20H24INO3/c1-20(2,3)25-19(23)22-14-13-15-7-5-6-8-18(15)21-16-9-11-17(24-4)12-10-16/h5-12H,13-14H2,1-4H3/p+1. The van der Waals surface area contributed by atoms with Gasteiger partial charge in [-0.25, -0.2) is 4.79 Å². The molecule has 0 atom stereocenters. The van der Waals surface area contributed by atoms with Crippen molar-refractivity contribution in [2.24, 2.45) is 0 Å². The molecule has 0 radical (unpaired) electrons. The first-order chi connectivity index (χ1) is 11.9. The zero-order chi connectivity index (χ0) is 18.3. The number of nitrogens with one attached hydrogen (secondary N) is 1. The minimum absolute atomic E-state index is 0.267. The Hall–Kier alpha value is -1.76. The molecular weight excluding hydrogens is 429 g/mol. The number of carbonyl (C=O) groups excluding carboxylic acids is 1. The zero-order valence-corrected chi connectivity index (χ0v) is 17.3. The molecule has 0 heterocycles. The van der Waals surface area contributed by atoms with Crippen LogP contribution in [0.1, 0.15) is 26.3 Å². The normalized spacial score (nSPS) is 11.0. The molecule has 0 aromatic heterocycles. The van der Waals surface area contributed by atoms with Gasteiger partial charge in [-0.2, -0.15) is 0 Å². The molecule has 1 amide bonds. The van der Waals surface area contributed by atoms with Crippen molar-refractivity contribution in [2.75, 3.05) is 13.7 Å². The number of amides is 1. The summed E-state index contributed by atoms with van der Waals surface area (Å²) in [6.07, 6.45) is 0.431. The van der Waals surface area contributed by atoms with Gasteiger partial charge in [-0.3, -0.25) is 0 Å². The van der Waals surface area contributed by atoms with Crippen LogP contribution in [0.3, 0.4) is 0 Å². The van der Waals surface area contributed by atoms with Gasteiger partial charge in [0.25, 0.3) is 0 Å². The molecular formula is C20H25INO3+. The lowest BCUT2D eigenvalue weighted by Crippen LogP contribution is -3.61. The van der Waals surface area contributed by atoms with E-state index in [1.165, 1.54) is 12.7 Å². The predicted molar refractivity (Wildman–Crippen MR) is 94.8 cm³/mol. The van der Waals surface area contributed by atoms with E-state index in [0.717, 1.165) is 12.2 Å². The van der Waals surface area contributed by atoms with Crippen LogP contribution in [0.2, 0.25) is 0 Å². The molecule has 2 aromatic carbocycles. The van der Waals surface area contributed by atoms with Crippen molar-refractivity contribution in [1.29, 1.82) is 0 Å². The van der Waals surface area contributed by atoms with Crippen molar-refractivity contribution in [1.82, 2.24) is 5.32 Å². The van der Waals surface area contributed by atoms with Gasteiger partial charge in [0.1, 0.15) is 11.4 Å². The van der Waals surface area contributed by atoms with E-state index in [4.69, 9.17) is 9.47 Å². The fraction of sp³-hybridized carbons (Fsp3) is 0.350. The second kappa shape index (κ2) is 9.08. The molecule has 0 aliphatic carbocycles. The number of carbonyl (C=O) groups is 1. The van der Waals surface area contributed by atoms with Gasteiger partial charge in [-0.1, -0.05) is 18.2 Å². The average molecular weight is 454 g/mol. The largest absolute Gasteiger partial charge is 0.497 e. The van der Waals surface area contributed by atoms with E-state index in [1.807, 2.05) is 39.0 Å². The topological polar surface area (TPSA) is 47.6 Å². The van der Waals surface area contributed by atoms with Crippen LogP contribution in [0.5, 0.6) is 5.75 Å². The molecule has 0 aliphatic heterocycles. The van der Waals surface area contributed by atoms with E-state index < -0.39 is 5.60 Å². The predicted octanol–water partition coefficient (Wildman–Crippen LogP) is 0.891. The van der Waals surface area contributed by atoms with Crippen molar-refractivity contribution >= 4 is 6.09 Å². The molecule has 5 heteroatoms. The van der Waals surface area contributed by atoms with Gasteiger partial charge in [-0.15, -0.1) is 0 Å². The SMILES string of the molecule is COc1ccc([I+]c2ccccc2CCNC(=O)OC(C)(C)C)cc1. The smallest absolute Gasteiger partial charge is 0.407 e. The van der Waals surface area contributed by atoms with E-state index in [9.17, 15) is 4.79 Å². The first-order valence-electron chi connectivity index (χ1n) is 8.21. The molecule has 0 bridgehead atoms. The van der Waals surface area contributed by atoms with E-state index in [0.29, 0.717) is 6.54 Å². The lowest BCUT2D eigenvalue weighted by Gasteiger charge is -2.19. The van der Waals surface area contributed by atoms with E-state index >= 15 is 0 Å². The summed E-state index contributed by atoms with van der Waals surface area (Å²) in [7, 11) is 1.68. The van der Waals surface area contributed by atoms with Crippen LogP contribution < -0.4 is 31.3 Å². The molecule has 2 aromatic rings. The number of ether oxygens (including phenoxy) is 2. The summed E-state index contributed by atoms with van der Waals surface area (Å²) in [5.41, 5.74) is 0.809. The highest BCUT2D eigenvalue weighted by atomic mass is 127. The Bertz CT molecular complexity index is 693. The third-order valence-corrected chi connectivity index (χ3v) is 6.26. The van der Waals surface area contributed by atoms with E-state index in [-0.39, 0.29) is 27.3 Å². The molecule has 0 saturated carbocycles. The van der Waals surface area contributed by atoms with E-state index in [2.05, 4.69) is 35.6 Å². The van der Waals surface area contributed by atoms with Gasteiger partial charge in [0.15, 0.2) is 7.14 Å². The van der Waals surface area contributed by atoms with Crippen molar-refractivity contribution in [3.63, 3.8) is 0 Å². The minimum Gasteiger partial charge on any atom is -0.497 e. The summed E-state index contributed by atoms with van der Waals surface area (Å²) in [5.74, 6) is 0.877. The Morgan fingerprint density at radius 2 is 1.76 bits per heavy atom. The van der Waals surface area contributed by atoms with Crippen molar-refractivity contribution < 1.29 is 35.5 Å². The molecule has 0 spiro atoms. The molecule has 0 aliphatic rings. The van der Waals surface area contributed by atoms with Crippen molar-refractivity contribution in [3.05, 3.63) is 61.2 Å². The lowest BCUT2D eigenvalue weighted by atomic mass is 10.1. The van der Waals surface area contributed by atoms with Crippen LogP contribution >= 0.6 is 0 Å². The third kappa shape index (κ3) is 6.94. The summed E-state index contributed by atoms with van der Waals surface area (Å²) in [6.45, 7) is 6.15. The highest BCUT2D eigenvalue weighted by Gasteiger charge is 2.20. The number of benzene rings is 2. The Kier molecular flexibility index (Phi) is 7.11. The quantitative estimate of drug-likeness (QED) is 0.660. The van der Waals surface area contributed by atoms with Gasteiger partial charge in [0, 0.05) is 12.1 Å². The highest BCUT2D eigenvalue weighted by molar-refractivity contribution is 5.67. The second-order valence-electron chi connectivity index (χ2n) is 6.52. The number of hydrogen-bond donors (Lipinski definition) is 1. The third-order valence-electron chi connectivity index (χ3n) is 3.28. The molecule has 134 valence electrons. The number of alkyl carbamates (subject to hydrolysis) is 1. The fourth-order valence-electron chi connectivity index (χ4n) is 2.16. The average Bonchev–Trinajstić information content (AvgIpc) is 2.55. The molecule has 0 fully saturated rings. The summed E-state index contributed by atoms with van der Waals surface area (Å²) >= 11 is -0.267. The number of halogens is 1. The van der Waals surface area contributed by atoms with Gasteiger partial charge in [0.2, 0.25) is 0 Å². The van der Waals surface area contributed by atoms with Crippen LogP contribution in [0.15, 0.2) is 48.5 Å². The number of hydrogen-bond acceptors (Lipinski definition) is 3. The Morgan fingerprint density at radius 1 is 1.08 bits per heavy atom. The molecule has 0 unspecified atom stereocenters. The molecule has 2 rings (SSSR count).